The molecular formula is C12H24N2O3. The Hall–Kier alpha value is -1.10. The maximum absolute atomic E-state index is 11.6. The van der Waals surface area contributed by atoms with Crippen molar-refractivity contribution in [1.82, 2.24) is 5.32 Å². The molecule has 1 amide bonds. The standard InChI is InChI=1S/C12H24N2O3/c1-4-9(3)11(12(16)17)14-10(15)6-5-8(2)7-13/h8-9,11H,4-7,13H2,1-3H3,(H,14,15)(H,16,17)/t8?,9?,11-/m0/s1. The van der Waals surface area contributed by atoms with Crippen LogP contribution < -0.4 is 11.1 Å². The summed E-state index contributed by atoms with van der Waals surface area (Å²) in [5, 5.41) is 11.6. The first-order chi connectivity index (χ1) is 7.92. The molecule has 0 aromatic carbocycles. The number of hydrogen-bond acceptors (Lipinski definition) is 3. The third-order valence-electron chi connectivity index (χ3n) is 3.06. The average molecular weight is 244 g/mol. The Bertz CT molecular complexity index is 256. The summed E-state index contributed by atoms with van der Waals surface area (Å²) in [7, 11) is 0. The minimum Gasteiger partial charge on any atom is -0.480 e. The van der Waals surface area contributed by atoms with Crippen LogP contribution in [0.25, 0.3) is 0 Å². The van der Waals surface area contributed by atoms with Gasteiger partial charge in [0.15, 0.2) is 0 Å². The van der Waals surface area contributed by atoms with Crippen molar-refractivity contribution in [1.29, 1.82) is 0 Å². The molecule has 0 rings (SSSR count). The molecule has 0 aliphatic rings. The summed E-state index contributed by atoms with van der Waals surface area (Å²) in [5.41, 5.74) is 5.45. The summed E-state index contributed by atoms with van der Waals surface area (Å²) in [4.78, 5) is 22.6. The zero-order valence-electron chi connectivity index (χ0n) is 10.9. The zero-order valence-corrected chi connectivity index (χ0v) is 10.9. The lowest BCUT2D eigenvalue weighted by Gasteiger charge is -2.20. The third kappa shape index (κ3) is 6.26. The first kappa shape index (κ1) is 15.9. The van der Waals surface area contributed by atoms with Gasteiger partial charge in [-0.15, -0.1) is 0 Å². The monoisotopic (exact) mass is 244 g/mol. The van der Waals surface area contributed by atoms with E-state index in [9.17, 15) is 9.59 Å². The van der Waals surface area contributed by atoms with Crippen molar-refractivity contribution in [2.45, 2.75) is 46.1 Å². The van der Waals surface area contributed by atoms with Crippen LogP contribution in [0.1, 0.15) is 40.0 Å². The van der Waals surface area contributed by atoms with Crippen LogP contribution >= 0.6 is 0 Å². The topological polar surface area (TPSA) is 92.4 Å². The fraction of sp³-hybridized carbons (Fsp3) is 0.833. The van der Waals surface area contributed by atoms with Crippen LogP contribution in [-0.2, 0) is 9.59 Å². The number of carboxylic acids is 1. The number of aliphatic carboxylic acids is 1. The van der Waals surface area contributed by atoms with E-state index >= 15 is 0 Å². The fourth-order valence-corrected chi connectivity index (χ4v) is 1.42. The van der Waals surface area contributed by atoms with Gasteiger partial charge in [-0.25, -0.2) is 4.79 Å². The average Bonchev–Trinajstić information content (AvgIpc) is 2.31. The lowest BCUT2D eigenvalue weighted by molar-refractivity contribution is -0.143. The first-order valence-corrected chi connectivity index (χ1v) is 6.14. The molecule has 4 N–H and O–H groups in total. The molecule has 0 aromatic heterocycles. The normalized spacial score (nSPS) is 16.0. The maximum atomic E-state index is 11.6. The number of carbonyl (C=O) groups is 2. The van der Waals surface area contributed by atoms with Gasteiger partial charge in [0.2, 0.25) is 5.91 Å². The van der Waals surface area contributed by atoms with Gasteiger partial charge < -0.3 is 16.2 Å². The van der Waals surface area contributed by atoms with Crippen LogP contribution in [0.5, 0.6) is 0 Å². The van der Waals surface area contributed by atoms with E-state index in [0.29, 0.717) is 19.4 Å². The molecule has 0 aromatic rings. The van der Waals surface area contributed by atoms with E-state index < -0.39 is 12.0 Å². The van der Waals surface area contributed by atoms with E-state index in [1.165, 1.54) is 0 Å². The van der Waals surface area contributed by atoms with Gasteiger partial charge in [0.25, 0.3) is 0 Å². The van der Waals surface area contributed by atoms with E-state index in [1.54, 1.807) is 0 Å². The number of amides is 1. The molecule has 0 spiro atoms. The van der Waals surface area contributed by atoms with Crippen molar-refractivity contribution in [3.8, 4) is 0 Å². The van der Waals surface area contributed by atoms with E-state index in [-0.39, 0.29) is 17.7 Å². The van der Waals surface area contributed by atoms with Gasteiger partial charge >= 0.3 is 5.97 Å². The lowest BCUT2D eigenvalue weighted by Crippen LogP contribution is -2.45. The highest BCUT2D eigenvalue weighted by atomic mass is 16.4. The van der Waals surface area contributed by atoms with Crippen LogP contribution in [0.2, 0.25) is 0 Å². The summed E-state index contributed by atoms with van der Waals surface area (Å²) >= 11 is 0. The summed E-state index contributed by atoms with van der Waals surface area (Å²) in [5.74, 6) is -0.964. The molecule has 0 aliphatic carbocycles. The van der Waals surface area contributed by atoms with Crippen molar-refractivity contribution in [3.05, 3.63) is 0 Å². The minimum absolute atomic E-state index is 0.0663. The molecular weight excluding hydrogens is 220 g/mol. The fourth-order valence-electron chi connectivity index (χ4n) is 1.42. The summed E-state index contributed by atoms with van der Waals surface area (Å²) in [6.07, 6.45) is 1.74. The van der Waals surface area contributed by atoms with Crippen LogP contribution in [0.3, 0.4) is 0 Å². The number of carboxylic acid groups (broad SMARTS) is 1. The Morgan fingerprint density at radius 1 is 1.35 bits per heavy atom. The molecule has 5 heteroatoms. The van der Waals surface area contributed by atoms with Gasteiger partial charge in [-0.05, 0) is 24.8 Å². The van der Waals surface area contributed by atoms with Crippen molar-refractivity contribution in [2.75, 3.05) is 6.54 Å². The number of rotatable bonds is 8. The molecule has 0 fully saturated rings. The molecule has 0 radical (unpaired) electrons. The molecule has 0 saturated carbocycles. The molecule has 5 nitrogen and oxygen atoms in total. The molecule has 17 heavy (non-hydrogen) atoms. The van der Waals surface area contributed by atoms with Crippen molar-refractivity contribution in [3.63, 3.8) is 0 Å². The highest BCUT2D eigenvalue weighted by molar-refractivity contribution is 5.83. The van der Waals surface area contributed by atoms with Crippen molar-refractivity contribution in [2.24, 2.45) is 17.6 Å². The highest BCUT2D eigenvalue weighted by Gasteiger charge is 2.24. The Balaban J connectivity index is 4.18. The van der Waals surface area contributed by atoms with Crippen LogP contribution in [0, 0.1) is 11.8 Å². The van der Waals surface area contributed by atoms with Crippen LogP contribution in [0.4, 0.5) is 0 Å². The van der Waals surface area contributed by atoms with Gasteiger partial charge in [0, 0.05) is 6.42 Å². The second-order valence-electron chi connectivity index (χ2n) is 4.65. The second kappa shape index (κ2) is 8.06. The van der Waals surface area contributed by atoms with Gasteiger partial charge in [-0.1, -0.05) is 27.2 Å². The number of hydrogen-bond donors (Lipinski definition) is 3. The molecule has 0 bridgehead atoms. The highest BCUT2D eigenvalue weighted by Crippen LogP contribution is 2.09. The first-order valence-electron chi connectivity index (χ1n) is 6.14. The Morgan fingerprint density at radius 2 is 1.94 bits per heavy atom. The second-order valence-corrected chi connectivity index (χ2v) is 4.65. The summed E-state index contributed by atoms with van der Waals surface area (Å²) < 4.78 is 0. The quantitative estimate of drug-likeness (QED) is 0.593. The third-order valence-corrected chi connectivity index (χ3v) is 3.06. The van der Waals surface area contributed by atoms with E-state index in [1.807, 2.05) is 20.8 Å². The lowest BCUT2D eigenvalue weighted by atomic mass is 9.98. The molecule has 2 unspecified atom stereocenters. The Labute approximate surface area is 103 Å². The molecule has 3 atom stereocenters. The van der Waals surface area contributed by atoms with Crippen LogP contribution in [-0.4, -0.2) is 29.6 Å². The van der Waals surface area contributed by atoms with Gasteiger partial charge in [0.1, 0.15) is 6.04 Å². The smallest absolute Gasteiger partial charge is 0.326 e. The molecule has 100 valence electrons. The molecule has 0 saturated heterocycles. The number of carbonyl (C=O) groups excluding carboxylic acids is 1. The minimum atomic E-state index is -0.973. The largest absolute Gasteiger partial charge is 0.480 e. The number of nitrogens with one attached hydrogen (secondary N) is 1. The van der Waals surface area contributed by atoms with E-state index in [4.69, 9.17) is 10.8 Å². The zero-order chi connectivity index (χ0) is 13.4. The van der Waals surface area contributed by atoms with Crippen molar-refractivity contribution >= 4 is 11.9 Å². The van der Waals surface area contributed by atoms with Crippen LogP contribution in [0.15, 0.2) is 0 Å². The molecule has 0 aliphatic heterocycles. The summed E-state index contributed by atoms with van der Waals surface area (Å²) in [6.45, 7) is 6.24. The Morgan fingerprint density at radius 3 is 2.35 bits per heavy atom. The van der Waals surface area contributed by atoms with Crippen molar-refractivity contribution < 1.29 is 14.7 Å². The summed E-state index contributed by atoms with van der Waals surface area (Å²) in [6, 6.07) is -0.791. The predicted molar refractivity (Wildman–Crippen MR) is 66.5 cm³/mol. The van der Waals surface area contributed by atoms with Gasteiger partial charge in [-0.3, -0.25) is 4.79 Å². The Kier molecular flexibility index (Phi) is 7.54. The van der Waals surface area contributed by atoms with Gasteiger partial charge in [0.05, 0.1) is 0 Å². The maximum Gasteiger partial charge on any atom is 0.326 e. The number of nitrogens with two attached hydrogens (primary N) is 1. The van der Waals surface area contributed by atoms with E-state index in [2.05, 4.69) is 5.32 Å². The van der Waals surface area contributed by atoms with E-state index in [0.717, 1.165) is 6.42 Å². The predicted octanol–water partition coefficient (Wildman–Crippen LogP) is 0.977. The van der Waals surface area contributed by atoms with Gasteiger partial charge in [-0.2, -0.15) is 0 Å². The molecule has 0 heterocycles. The SMILES string of the molecule is CCC(C)[C@H](NC(=O)CCC(C)CN)C(=O)O.